The van der Waals surface area contributed by atoms with Crippen LogP contribution in [0.15, 0.2) is 48.5 Å². The molecule has 122 valence electrons. The standard InChI is InChI=1S/C17H20N2O3S/c1-13-9-14(2)11-16(10-13)19(23(3,21)22)12-17(20)18-15-7-5-4-6-8-15/h4-11H,12H2,1-3H3,(H,18,20). The highest BCUT2D eigenvalue weighted by Crippen LogP contribution is 2.21. The summed E-state index contributed by atoms with van der Waals surface area (Å²) in [5, 5.41) is 2.70. The molecule has 0 aliphatic heterocycles. The molecule has 23 heavy (non-hydrogen) atoms. The predicted molar refractivity (Wildman–Crippen MR) is 93.2 cm³/mol. The fourth-order valence-corrected chi connectivity index (χ4v) is 3.19. The van der Waals surface area contributed by atoms with E-state index in [0.717, 1.165) is 21.7 Å². The van der Waals surface area contributed by atoms with Crippen molar-refractivity contribution in [3.8, 4) is 0 Å². The average molecular weight is 332 g/mol. The molecule has 0 spiro atoms. The van der Waals surface area contributed by atoms with Crippen LogP contribution in [0, 0.1) is 13.8 Å². The number of nitrogens with one attached hydrogen (secondary N) is 1. The Morgan fingerprint density at radius 2 is 1.61 bits per heavy atom. The van der Waals surface area contributed by atoms with Crippen LogP contribution < -0.4 is 9.62 Å². The Bertz CT molecular complexity index is 782. The number of hydrogen-bond acceptors (Lipinski definition) is 3. The molecule has 0 unspecified atom stereocenters. The van der Waals surface area contributed by atoms with Crippen molar-refractivity contribution in [2.45, 2.75) is 13.8 Å². The van der Waals surface area contributed by atoms with Gasteiger partial charge in [0.25, 0.3) is 0 Å². The number of carbonyl (C=O) groups excluding carboxylic acids is 1. The summed E-state index contributed by atoms with van der Waals surface area (Å²) >= 11 is 0. The molecule has 2 rings (SSSR count). The normalized spacial score (nSPS) is 11.1. The van der Waals surface area contributed by atoms with Crippen LogP contribution in [0.5, 0.6) is 0 Å². The van der Waals surface area contributed by atoms with Gasteiger partial charge in [-0.25, -0.2) is 8.42 Å². The molecule has 0 aromatic heterocycles. The lowest BCUT2D eigenvalue weighted by Crippen LogP contribution is -2.37. The Morgan fingerprint density at radius 1 is 1.04 bits per heavy atom. The van der Waals surface area contributed by atoms with Crippen LogP contribution in [0.25, 0.3) is 0 Å². The molecule has 0 saturated carbocycles. The molecule has 0 saturated heterocycles. The summed E-state index contributed by atoms with van der Waals surface area (Å²) in [4.78, 5) is 12.2. The first kappa shape index (κ1) is 17.0. The van der Waals surface area contributed by atoms with Crippen molar-refractivity contribution < 1.29 is 13.2 Å². The summed E-state index contributed by atoms with van der Waals surface area (Å²) in [6, 6.07) is 14.4. The van der Waals surface area contributed by atoms with Gasteiger partial charge < -0.3 is 5.32 Å². The van der Waals surface area contributed by atoms with Crippen molar-refractivity contribution in [3.63, 3.8) is 0 Å². The van der Waals surface area contributed by atoms with Gasteiger partial charge in [-0.1, -0.05) is 24.3 Å². The molecule has 5 nitrogen and oxygen atoms in total. The minimum Gasteiger partial charge on any atom is -0.325 e. The van der Waals surface area contributed by atoms with Crippen LogP contribution in [0.2, 0.25) is 0 Å². The summed E-state index contributed by atoms with van der Waals surface area (Å²) in [6.45, 7) is 3.51. The third-order valence-electron chi connectivity index (χ3n) is 3.24. The van der Waals surface area contributed by atoms with Crippen molar-refractivity contribution in [2.75, 3.05) is 22.4 Å². The van der Waals surface area contributed by atoms with Crippen LogP contribution in [-0.2, 0) is 14.8 Å². The zero-order valence-corrected chi connectivity index (χ0v) is 14.2. The molecule has 0 aliphatic rings. The Labute approximate surface area is 137 Å². The summed E-state index contributed by atoms with van der Waals surface area (Å²) in [5.74, 6) is -0.388. The van der Waals surface area contributed by atoms with Gasteiger partial charge in [-0.3, -0.25) is 9.10 Å². The summed E-state index contributed by atoms with van der Waals surface area (Å²) in [5.41, 5.74) is 3.01. The van der Waals surface area contributed by atoms with Gasteiger partial charge in [0.05, 0.1) is 11.9 Å². The molecule has 0 radical (unpaired) electrons. The van der Waals surface area contributed by atoms with Gasteiger partial charge in [-0.15, -0.1) is 0 Å². The number of amides is 1. The number of hydrogen-bond donors (Lipinski definition) is 1. The summed E-state index contributed by atoms with van der Waals surface area (Å²) < 4.78 is 25.3. The van der Waals surface area contributed by atoms with E-state index in [-0.39, 0.29) is 12.5 Å². The largest absolute Gasteiger partial charge is 0.325 e. The second kappa shape index (κ2) is 6.83. The van der Waals surface area contributed by atoms with Crippen LogP contribution >= 0.6 is 0 Å². The number of sulfonamides is 1. The number of nitrogens with zero attached hydrogens (tertiary/aromatic N) is 1. The van der Waals surface area contributed by atoms with E-state index in [0.29, 0.717) is 11.4 Å². The molecule has 2 aromatic carbocycles. The van der Waals surface area contributed by atoms with E-state index in [1.165, 1.54) is 0 Å². The van der Waals surface area contributed by atoms with Crippen molar-refractivity contribution in [3.05, 3.63) is 59.7 Å². The lowest BCUT2D eigenvalue weighted by atomic mass is 10.1. The van der Waals surface area contributed by atoms with Gasteiger partial charge in [-0.2, -0.15) is 0 Å². The average Bonchev–Trinajstić information content (AvgIpc) is 2.43. The Kier molecular flexibility index (Phi) is 5.05. The van der Waals surface area contributed by atoms with E-state index in [2.05, 4.69) is 5.32 Å². The van der Waals surface area contributed by atoms with Gasteiger partial charge in [0.15, 0.2) is 0 Å². The van der Waals surface area contributed by atoms with E-state index >= 15 is 0 Å². The smallest absolute Gasteiger partial charge is 0.245 e. The fourth-order valence-electron chi connectivity index (χ4n) is 2.35. The Morgan fingerprint density at radius 3 is 2.13 bits per heavy atom. The first-order chi connectivity index (χ1) is 10.8. The number of aryl methyl sites for hydroxylation is 2. The molecule has 1 N–H and O–H groups in total. The summed E-state index contributed by atoms with van der Waals surface area (Å²) in [6.07, 6.45) is 1.10. The second-order valence-electron chi connectivity index (χ2n) is 5.53. The number of carbonyl (C=O) groups is 1. The highest BCUT2D eigenvalue weighted by atomic mass is 32.2. The van der Waals surface area contributed by atoms with E-state index in [1.807, 2.05) is 26.0 Å². The third kappa shape index (κ3) is 4.82. The fraction of sp³-hybridized carbons (Fsp3) is 0.235. The van der Waals surface area contributed by atoms with E-state index in [4.69, 9.17) is 0 Å². The molecule has 0 atom stereocenters. The Hall–Kier alpha value is -2.34. The second-order valence-corrected chi connectivity index (χ2v) is 7.44. The van der Waals surface area contributed by atoms with Gasteiger partial charge >= 0.3 is 0 Å². The molecule has 0 fully saturated rings. The monoisotopic (exact) mass is 332 g/mol. The number of benzene rings is 2. The predicted octanol–water partition coefficient (Wildman–Crippen LogP) is 2.71. The van der Waals surface area contributed by atoms with E-state index in [1.54, 1.807) is 36.4 Å². The highest BCUT2D eigenvalue weighted by Gasteiger charge is 2.21. The first-order valence-electron chi connectivity index (χ1n) is 7.16. The van der Waals surface area contributed by atoms with Gasteiger partial charge in [-0.05, 0) is 49.2 Å². The summed E-state index contributed by atoms with van der Waals surface area (Å²) in [7, 11) is -3.57. The molecular weight excluding hydrogens is 312 g/mol. The highest BCUT2D eigenvalue weighted by molar-refractivity contribution is 7.92. The van der Waals surface area contributed by atoms with Crippen molar-refractivity contribution in [2.24, 2.45) is 0 Å². The van der Waals surface area contributed by atoms with E-state index < -0.39 is 10.0 Å². The van der Waals surface area contributed by atoms with Crippen LogP contribution in [-0.4, -0.2) is 27.1 Å². The van der Waals surface area contributed by atoms with Crippen LogP contribution in [0.1, 0.15) is 11.1 Å². The lowest BCUT2D eigenvalue weighted by Gasteiger charge is -2.22. The first-order valence-corrected chi connectivity index (χ1v) is 9.01. The zero-order valence-electron chi connectivity index (χ0n) is 13.4. The van der Waals surface area contributed by atoms with Crippen molar-refractivity contribution >= 4 is 27.3 Å². The van der Waals surface area contributed by atoms with Gasteiger partial charge in [0, 0.05) is 5.69 Å². The molecule has 1 amide bonds. The third-order valence-corrected chi connectivity index (χ3v) is 4.38. The lowest BCUT2D eigenvalue weighted by molar-refractivity contribution is -0.114. The van der Waals surface area contributed by atoms with Gasteiger partial charge in [0.1, 0.15) is 6.54 Å². The maximum atomic E-state index is 12.2. The maximum absolute atomic E-state index is 12.2. The number of rotatable bonds is 5. The molecule has 0 heterocycles. The molecule has 0 bridgehead atoms. The molecule has 0 aliphatic carbocycles. The number of para-hydroxylation sites is 1. The van der Waals surface area contributed by atoms with E-state index in [9.17, 15) is 13.2 Å². The van der Waals surface area contributed by atoms with Crippen molar-refractivity contribution in [1.29, 1.82) is 0 Å². The number of anilines is 2. The van der Waals surface area contributed by atoms with Gasteiger partial charge in [0.2, 0.25) is 15.9 Å². The zero-order chi connectivity index (χ0) is 17.0. The molecule has 6 heteroatoms. The topological polar surface area (TPSA) is 66.5 Å². The Balaban J connectivity index is 2.25. The SMILES string of the molecule is Cc1cc(C)cc(N(CC(=O)Nc2ccccc2)S(C)(=O)=O)c1. The molecule has 2 aromatic rings. The van der Waals surface area contributed by atoms with Crippen LogP contribution in [0.3, 0.4) is 0 Å². The minimum absolute atomic E-state index is 0.267. The van der Waals surface area contributed by atoms with Crippen LogP contribution in [0.4, 0.5) is 11.4 Å². The quantitative estimate of drug-likeness (QED) is 0.915. The minimum atomic E-state index is -3.57. The maximum Gasteiger partial charge on any atom is 0.245 e. The molecular formula is C17H20N2O3S. The van der Waals surface area contributed by atoms with Crippen molar-refractivity contribution in [1.82, 2.24) is 0 Å².